The van der Waals surface area contributed by atoms with Gasteiger partial charge < -0.3 is 9.84 Å². The molecule has 98 valence electrons. The second-order valence-corrected chi connectivity index (χ2v) is 6.67. The maximum Gasteiger partial charge on any atom is 0.250 e. The second kappa shape index (κ2) is 6.46. The van der Waals surface area contributed by atoms with Gasteiger partial charge in [0.05, 0.1) is 13.2 Å². The standard InChI is InChI=1S/C10H17NO4S2/c1-3-8(7-15-2)11-17(13,14)10-5-4-9(6-12)16-10/h4-5,8,11-12H,3,6-7H2,1-2H3. The number of aliphatic hydroxyl groups is 1. The number of hydrogen-bond donors (Lipinski definition) is 2. The fraction of sp³-hybridized carbons (Fsp3) is 0.600. The Morgan fingerprint density at radius 2 is 2.24 bits per heavy atom. The Morgan fingerprint density at radius 3 is 2.71 bits per heavy atom. The summed E-state index contributed by atoms with van der Waals surface area (Å²) < 4.78 is 31.7. The summed E-state index contributed by atoms with van der Waals surface area (Å²) in [6.45, 7) is 2.09. The molecule has 0 spiro atoms. The highest BCUT2D eigenvalue weighted by molar-refractivity contribution is 7.91. The number of aliphatic hydroxyl groups excluding tert-OH is 1. The van der Waals surface area contributed by atoms with E-state index in [-0.39, 0.29) is 16.9 Å². The molecule has 0 saturated heterocycles. The number of thiophene rings is 1. The Kier molecular flexibility index (Phi) is 5.54. The van der Waals surface area contributed by atoms with E-state index in [4.69, 9.17) is 9.84 Å². The van der Waals surface area contributed by atoms with Crippen LogP contribution in [0.1, 0.15) is 18.2 Å². The zero-order valence-electron chi connectivity index (χ0n) is 9.84. The van der Waals surface area contributed by atoms with Crippen LogP contribution < -0.4 is 4.72 Å². The SMILES string of the molecule is CCC(COC)NS(=O)(=O)c1ccc(CO)s1. The normalized spacial score (nSPS) is 13.8. The molecule has 0 bridgehead atoms. The molecule has 0 saturated carbocycles. The van der Waals surface area contributed by atoms with E-state index in [2.05, 4.69) is 4.72 Å². The lowest BCUT2D eigenvalue weighted by Gasteiger charge is -2.15. The molecule has 0 aliphatic rings. The second-order valence-electron chi connectivity index (χ2n) is 3.56. The predicted octanol–water partition coefficient (Wildman–Crippen LogP) is 0.944. The van der Waals surface area contributed by atoms with E-state index in [1.54, 1.807) is 6.07 Å². The van der Waals surface area contributed by atoms with Gasteiger partial charge in [0, 0.05) is 18.0 Å². The number of sulfonamides is 1. The summed E-state index contributed by atoms with van der Waals surface area (Å²) in [6.07, 6.45) is 0.658. The summed E-state index contributed by atoms with van der Waals surface area (Å²) in [5.74, 6) is 0. The number of hydrogen-bond acceptors (Lipinski definition) is 5. The fourth-order valence-electron chi connectivity index (χ4n) is 1.30. The number of methoxy groups -OCH3 is 1. The lowest BCUT2D eigenvalue weighted by molar-refractivity contribution is 0.173. The fourth-order valence-corrected chi connectivity index (χ4v) is 3.84. The Hall–Kier alpha value is -0.470. The zero-order chi connectivity index (χ0) is 12.9. The third kappa shape index (κ3) is 4.04. The summed E-state index contributed by atoms with van der Waals surface area (Å²) in [4.78, 5) is 0.630. The van der Waals surface area contributed by atoms with Crippen LogP contribution in [0.4, 0.5) is 0 Å². The average Bonchev–Trinajstić information content (AvgIpc) is 2.77. The minimum Gasteiger partial charge on any atom is -0.391 e. The molecule has 0 fully saturated rings. The van der Waals surface area contributed by atoms with Gasteiger partial charge in [0.2, 0.25) is 10.0 Å². The Morgan fingerprint density at radius 1 is 1.53 bits per heavy atom. The molecule has 1 unspecified atom stereocenters. The topological polar surface area (TPSA) is 75.6 Å². The Bertz CT molecular complexity index is 441. The molecule has 0 radical (unpaired) electrons. The molecule has 0 aliphatic heterocycles. The Labute approximate surface area is 105 Å². The van der Waals surface area contributed by atoms with Crippen LogP contribution in [0, 0.1) is 0 Å². The molecule has 7 heteroatoms. The first-order chi connectivity index (χ1) is 8.03. The van der Waals surface area contributed by atoms with Crippen molar-refractivity contribution in [3.63, 3.8) is 0 Å². The van der Waals surface area contributed by atoms with Crippen molar-refractivity contribution >= 4 is 21.4 Å². The lowest BCUT2D eigenvalue weighted by atomic mass is 10.3. The van der Waals surface area contributed by atoms with Crippen molar-refractivity contribution in [2.45, 2.75) is 30.2 Å². The highest BCUT2D eigenvalue weighted by atomic mass is 32.2. The third-order valence-electron chi connectivity index (χ3n) is 2.24. The summed E-state index contributed by atoms with van der Waals surface area (Å²) in [5.41, 5.74) is 0. The molecule has 0 amide bonds. The largest absolute Gasteiger partial charge is 0.391 e. The van der Waals surface area contributed by atoms with E-state index in [1.165, 1.54) is 13.2 Å². The van der Waals surface area contributed by atoms with E-state index < -0.39 is 10.0 Å². The molecule has 0 aliphatic carbocycles. The van der Waals surface area contributed by atoms with Gasteiger partial charge in [-0.2, -0.15) is 0 Å². The molecule has 17 heavy (non-hydrogen) atoms. The quantitative estimate of drug-likeness (QED) is 0.779. The lowest BCUT2D eigenvalue weighted by Crippen LogP contribution is -2.37. The van der Waals surface area contributed by atoms with Crippen LogP contribution in [-0.4, -0.2) is 33.3 Å². The summed E-state index contributed by atoms with van der Waals surface area (Å²) in [5, 5.41) is 8.90. The zero-order valence-corrected chi connectivity index (χ0v) is 11.5. The van der Waals surface area contributed by atoms with Crippen LogP contribution in [0.5, 0.6) is 0 Å². The predicted molar refractivity (Wildman–Crippen MR) is 66.5 cm³/mol. The third-order valence-corrected chi connectivity index (χ3v) is 5.32. The maximum absolute atomic E-state index is 12.0. The van der Waals surface area contributed by atoms with Crippen molar-refractivity contribution < 1.29 is 18.3 Å². The van der Waals surface area contributed by atoms with Gasteiger partial charge in [0.15, 0.2) is 0 Å². The Balaban J connectivity index is 2.80. The van der Waals surface area contributed by atoms with Crippen molar-refractivity contribution in [1.82, 2.24) is 4.72 Å². The van der Waals surface area contributed by atoms with Gasteiger partial charge in [0.1, 0.15) is 4.21 Å². The average molecular weight is 279 g/mol. The van der Waals surface area contributed by atoms with Gasteiger partial charge in [-0.1, -0.05) is 6.92 Å². The van der Waals surface area contributed by atoms with E-state index in [9.17, 15) is 8.42 Å². The molecule has 1 heterocycles. The molecule has 1 rings (SSSR count). The molecular formula is C10H17NO4S2. The van der Waals surface area contributed by atoms with Crippen LogP contribution in [-0.2, 0) is 21.4 Å². The van der Waals surface area contributed by atoms with E-state index in [1.807, 2.05) is 6.92 Å². The van der Waals surface area contributed by atoms with Crippen LogP contribution in [0.3, 0.4) is 0 Å². The first-order valence-corrected chi connectivity index (χ1v) is 7.54. The van der Waals surface area contributed by atoms with Crippen LogP contribution in [0.2, 0.25) is 0 Å². The van der Waals surface area contributed by atoms with E-state index >= 15 is 0 Å². The van der Waals surface area contributed by atoms with Crippen LogP contribution >= 0.6 is 11.3 Å². The molecule has 1 atom stereocenters. The molecule has 1 aromatic rings. The summed E-state index contributed by atoms with van der Waals surface area (Å²) in [7, 11) is -1.97. The molecule has 5 nitrogen and oxygen atoms in total. The van der Waals surface area contributed by atoms with Gasteiger partial charge in [-0.3, -0.25) is 0 Å². The molecular weight excluding hydrogens is 262 g/mol. The van der Waals surface area contributed by atoms with Crippen molar-refractivity contribution in [2.75, 3.05) is 13.7 Å². The van der Waals surface area contributed by atoms with E-state index in [0.29, 0.717) is 17.9 Å². The van der Waals surface area contributed by atoms with Gasteiger partial charge in [-0.15, -0.1) is 11.3 Å². The van der Waals surface area contributed by atoms with Crippen molar-refractivity contribution in [3.8, 4) is 0 Å². The minimum absolute atomic E-state index is 0.143. The van der Waals surface area contributed by atoms with Crippen molar-refractivity contribution in [2.24, 2.45) is 0 Å². The highest BCUT2D eigenvalue weighted by Gasteiger charge is 2.20. The molecule has 1 aromatic heterocycles. The summed E-state index contributed by atoms with van der Waals surface area (Å²) in [6, 6.07) is 2.87. The van der Waals surface area contributed by atoms with Gasteiger partial charge in [-0.05, 0) is 18.6 Å². The minimum atomic E-state index is -3.51. The van der Waals surface area contributed by atoms with Gasteiger partial charge >= 0.3 is 0 Å². The van der Waals surface area contributed by atoms with Gasteiger partial charge in [0.25, 0.3) is 0 Å². The smallest absolute Gasteiger partial charge is 0.250 e. The molecule has 0 aromatic carbocycles. The highest BCUT2D eigenvalue weighted by Crippen LogP contribution is 2.21. The first kappa shape index (κ1) is 14.6. The molecule has 2 N–H and O–H groups in total. The monoisotopic (exact) mass is 279 g/mol. The summed E-state index contributed by atoms with van der Waals surface area (Å²) >= 11 is 1.07. The van der Waals surface area contributed by atoms with Gasteiger partial charge in [-0.25, -0.2) is 13.1 Å². The van der Waals surface area contributed by atoms with Crippen molar-refractivity contribution in [1.29, 1.82) is 0 Å². The van der Waals surface area contributed by atoms with Crippen LogP contribution in [0.25, 0.3) is 0 Å². The van der Waals surface area contributed by atoms with E-state index in [0.717, 1.165) is 11.3 Å². The van der Waals surface area contributed by atoms with Crippen molar-refractivity contribution in [3.05, 3.63) is 17.0 Å². The van der Waals surface area contributed by atoms with Crippen LogP contribution in [0.15, 0.2) is 16.3 Å². The first-order valence-electron chi connectivity index (χ1n) is 5.24. The number of ether oxygens (including phenoxy) is 1. The maximum atomic E-state index is 12.0. The number of rotatable bonds is 7. The number of nitrogens with one attached hydrogen (secondary N) is 1.